The summed E-state index contributed by atoms with van der Waals surface area (Å²) in [5.74, 6) is -2.48. The fourth-order valence-corrected chi connectivity index (χ4v) is 5.98. The number of hydrogen-bond donors (Lipinski definition) is 0. The Labute approximate surface area is 269 Å². The molecule has 250 valence electrons. The third kappa shape index (κ3) is 10.6. The number of carbonyl (C=O) groups is 4. The average Bonchev–Trinajstić information content (AvgIpc) is 3.02. The summed E-state index contributed by atoms with van der Waals surface area (Å²) < 4.78 is 21.8. The van der Waals surface area contributed by atoms with Gasteiger partial charge in [-0.1, -0.05) is 107 Å². The lowest BCUT2D eigenvalue weighted by atomic mass is 9.75. The number of fused-ring (bicyclic) bond motifs is 1. The Morgan fingerprint density at radius 1 is 0.622 bits per heavy atom. The fraction of sp³-hybridized carbons (Fsp3) is 0.622. The van der Waals surface area contributed by atoms with Gasteiger partial charge in [0.25, 0.3) is 0 Å². The minimum absolute atomic E-state index is 0.0641. The third-order valence-corrected chi connectivity index (χ3v) is 8.46. The highest BCUT2D eigenvalue weighted by Gasteiger charge is 2.49. The van der Waals surface area contributed by atoms with Crippen molar-refractivity contribution in [3.05, 3.63) is 54.1 Å². The molecule has 0 saturated heterocycles. The maximum absolute atomic E-state index is 13.6. The minimum atomic E-state index is -1.62. The zero-order valence-electron chi connectivity index (χ0n) is 28.0. The van der Waals surface area contributed by atoms with Crippen LogP contribution in [0.5, 0.6) is 0 Å². The Kier molecular flexibility index (Phi) is 16.7. The van der Waals surface area contributed by atoms with Crippen LogP contribution >= 0.6 is 0 Å². The number of ether oxygens (including phenoxy) is 4. The summed E-state index contributed by atoms with van der Waals surface area (Å²) in [5.41, 5.74) is -1.24. The zero-order valence-corrected chi connectivity index (χ0v) is 28.0. The van der Waals surface area contributed by atoms with E-state index >= 15 is 0 Å². The van der Waals surface area contributed by atoms with Gasteiger partial charge in [0.05, 0.1) is 26.4 Å². The molecule has 2 rings (SSSR count). The smallest absolute Gasteiger partial charge is 0.327 e. The number of carbonyl (C=O) groups excluding carboxylic acids is 4. The molecule has 0 spiro atoms. The molecule has 1 aromatic carbocycles. The van der Waals surface area contributed by atoms with Gasteiger partial charge in [-0.05, 0) is 63.7 Å². The molecule has 0 aromatic heterocycles. The molecule has 0 fully saturated rings. The number of rotatable bonds is 8. The second-order valence-corrected chi connectivity index (χ2v) is 11.7. The number of allylic oxidation sites excluding steroid dienone is 2. The van der Waals surface area contributed by atoms with Crippen molar-refractivity contribution in [2.45, 2.75) is 111 Å². The van der Waals surface area contributed by atoms with Gasteiger partial charge < -0.3 is 18.9 Å². The largest absolute Gasteiger partial charge is 0.465 e. The summed E-state index contributed by atoms with van der Waals surface area (Å²) in [4.78, 5) is 54.1. The SMILES string of the molecule is C=C1/C=C/C(C(=O)OCC)(C(=O)OCC)CCCCCCCCCCCCC(C(=O)OCC)(C(=O)OCC)Cc2ccccc21. The molecule has 8 heteroatoms. The van der Waals surface area contributed by atoms with Gasteiger partial charge >= 0.3 is 23.9 Å². The molecule has 0 aliphatic heterocycles. The van der Waals surface area contributed by atoms with Crippen LogP contribution < -0.4 is 0 Å². The highest BCUT2D eigenvalue weighted by molar-refractivity contribution is 6.03. The molecule has 0 atom stereocenters. The topological polar surface area (TPSA) is 105 Å². The maximum atomic E-state index is 13.6. The van der Waals surface area contributed by atoms with E-state index < -0.39 is 34.7 Å². The molecule has 8 nitrogen and oxygen atoms in total. The predicted octanol–water partition coefficient (Wildman–Crippen LogP) is 7.72. The summed E-state index contributed by atoms with van der Waals surface area (Å²) in [6, 6.07) is 7.40. The van der Waals surface area contributed by atoms with E-state index in [1.807, 2.05) is 24.3 Å². The molecular weight excluding hydrogens is 572 g/mol. The molecular formula is C37H54O8. The van der Waals surface area contributed by atoms with E-state index in [0.29, 0.717) is 36.0 Å². The van der Waals surface area contributed by atoms with Crippen molar-refractivity contribution in [1.29, 1.82) is 0 Å². The van der Waals surface area contributed by atoms with Crippen molar-refractivity contribution in [3.8, 4) is 0 Å². The van der Waals surface area contributed by atoms with Crippen molar-refractivity contribution in [2.24, 2.45) is 10.8 Å². The fourth-order valence-electron chi connectivity index (χ4n) is 5.98. The van der Waals surface area contributed by atoms with E-state index in [2.05, 4.69) is 6.58 Å². The first-order valence-corrected chi connectivity index (χ1v) is 16.9. The second-order valence-electron chi connectivity index (χ2n) is 11.7. The lowest BCUT2D eigenvalue weighted by Crippen LogP contribution is -2.44. The van der Waals surface area contributed by atoms with Gasteiger partial charge in [-0.2, -0.15) is 0 Å². The highest BCUT2D eigenvalue weighted by atomic mass is 16.6. The Balaban J connectivity index is 2.67. The van der Waals surface area contributed by atoms with Gasteiger partial charge in [0, 0.05) is 0 Å². The molecule has 0 N–H and O–H groups in total. The van der Waals surface area contributed by atoms with E-state index in [-0.39, 0.29) is 39.3 Å². The van der Waals surface area contributed by atoms with Crippen LogP contribution in [-0.4, -0.2) is 50.3 Å². The molecule has 0 radical (unpaired) electrons. The summed E-state index contributed by atoms with van der Waals surface area (Å²) in [5, 5.41) is 0. The van der Waals surface area contributed by atoms with Gasteiger partial charge in [-0.3, -0.25) is 19.2 Å². The van der Waals surface area contributed by atoms with Crippen molar-refractivity contribution in [2.75, 3.05) is 26.4 Å². The summed E-state index contributed by atoms with van der Waals surface area (Å²) >= 11 is 0. The van der Waals surface area contributed by atoms with Crippen LogP contribution in [0.25, 0.3) is 5.57 Å². The number of hydrogen-bond acceptors (Lipinski definition) is 8. The number of esters is 4. The van der Waals surface area contributed by atoms with Crippen LogP contribution in [0.1, 0.15) is 116 Å². The van der Waals surface area contributed by atoms with Crippen molar-refractivity contribution in [1.82, 2.24) is 0 Å². The Bertz CT molecular complexity index is 1110. The quantitative estimate of drug-likeness (QED) is 0.164. The van der Waals surface area contributed by atoms with Gasteiger partial charge in [0.15, 0.2) is 10.8 Å². The van der Waals surface area contributed by atoms with Crippen molar-refractivity contribution < 1.29 is 38.1 Å². The van der Waals surface area contributed by atoms with Crippen LogP contribution in [0, 0.1) is 10.8 Å². The molecule has 0 heterocycles. The Hall–Kier alpha value is -3.42. The Morgan fingerprint density at radius 2 is 1.04 bits per heavy atom. The molecule has 0 bridgehead atoms. The predicted molar refractivity (Wildman–Crippen MR) is 175 cm³/mol. The molecule has 0 unspecified atom stereocenters. The standard InChI is InChI=1S/C37H54O8/c1-6-42-32(38)36(33(39)43-7-2)25-20-16-14-12-10-11-13-15-17-21-26-37(34(40)44-8-3,35(41)45-9-4)28-30-22-18-19-23-31(30)29(5)24-27-36/h18-19,22-24,27H,5-17,20-21,25-26,28H2,1-4H3/b27-24+. The van der Waals surface area contributed by atoms with Crippen molar-refractivity contribution in [3.63, 3.8) is 0 Å². The minimum Gasteiger partial charge on any atom is -0.465 e. The monoisotopic (exact) mass is 626 g/mol. The molecule has 1 aliphatic rings. The highest BCUT2D eigenvalue weighted by Crippen LogP contribution is 2.37. The van der Waals surface area contributed by atoms with E-state index in [1.165, 1.54) is 0 Å². The summed E-state index contributed by atoms with van der Waals surface area (Å²) in [6.07, 6.45) is 13.4. The van der Waals surface area contributed by atoms with Crippen molar-refractivity contribution >= 4 is 29.5 Å². The molecule has 1 aliphatic carbocycles. The van der Waals surface area contributed by atoms with E-state index in [1.54, 1.807) is 39.8 Å². The van der Waals surface area contributed by atoms with E-state index in [4.69, 9.17) is 18.9 Å². The average molecular weight is 627 g/mol. The zero-order chi connectivity index (χ0) is 33.1. The van der Waals surface area contributed by atoms with Crippen LogP contribution in [0.15, 0.2) is 43.0 Å². The van der Waals surface area contributed by atoms with Crippen LogP contribution in [0.3, 0.4) is 0 Å². The van der Waals surface area contributed by atoms with Gasteiger partial charge in [-0.25, -0.2) is 0 Å². The van der Waals surface area contributed by atoms with Gasteiger partial charge in [-0.15, -0.1) is 0 Å². The Morgan fingerprint density at radius 3 is 1.53 bits per heavy atom. The molecule has 0 amide bonds. The lowest BCUT2D eigenvalue weighted by Gasteiger charge is -2.30. The lowest BCUT2D eigenvalue weighted by molar-refractivity contribution is -0.173. The first-order valence-electron chi connectivity index (χ1n) is 16.9. The normalized spacial score (nSPS) is 18.8. The van der Waals surface area contributed by atoms with Gasteiger partial charge in [0.1, 0.15) is 0 Å². The molecule has 1 aromatic rings. The van der Waals surface area contributed by atoms with Crippen LogP contribution in [-0.2, 0) is 44.5 Å². The first kappa shape index (κ1) is 37.8. The molecule has 45 heavy (non-hydrogen) atoms. The first-order chi connectivity index (χ1) is 21.7. The van der Waals surface area contributed by atoms with E-state index in [0.717, 1.165) is 51.4 Å². The van der Waals surface area contributed by atoms with Crippen LogP contribution in [0.2, 0.25) is 0 Å². The number of benzene rings is 1. The van der Waals surface area contributed by atoms with Crippen LogP contribution in [0.4, 0.5) is 0 Å². The van der Waals surface area contributed by atoms with Gasteiger partial charge in [0.2, 0.25) is 0 Å². The summed E-state index contributed by atoms with van der Waals surface area (Å²) in [7, 11) is 0. The second kappa shape index (κ2) is 19.9. The van der Waals surface area contributed by atoms with E-state index in [9.17, 15) is 19.2 Å². The third-order valence-electron chi connectivity index (χ3n) is 8.46. The summed E-state index contributed by atoms with van der Waals surface area (Å²) in [6.45, 7) is 11.7. The maximum Gasteiger partial charge on any atom is 0.327 e. The molecule has 0 saturated carbocycles.